The Labute approximate surface area is 66.6 Å². The third-order valence-electron chi connectivity index (χ3n) is 1.32. The van der Waals surface area contributed by atoms with E-state index in [9.17, 15) is 4.79 Å². The summed E-state index contributed by atoms with van der Waals surface area (Å²) in [6, 6.07) is 0. The van der Waals surface area contributed by atoms with Crippen molar-refractivity contribution >= 4 is 24.0 Å². The van der Waals surface area contributed by atoms with Gasteiger partial charge in [0, 0.05) is 0 Å². The number of hydrogen-bond donors (Lipinski definition) is 2. The minimum absolute atomic E-state index is 0.247. The van der Waals surface area contributed by atoms with E-state index in [0.717, 1.165) is 0 Å². The van der Waals surface area contributed by atoms with Gasteiger partial charge in [0.05, 0.1) is 6.33 Å². The lowest BCUT2D eigenvalue weighted by atomic mass is 10.6. The monoisotopic (exact) mass is 168 g/mol. The maximum absolute atomic E-state index is 11.0. The van der Waals surface area contributed by atoms with Crippen LogP contribution in [0, 0.1) is 0 Å². The number of fused-ring (bicyclic) bond motifs is 1. The van der Waals surface area contributed by atoms with Gasteiger partial charge >= 0.3 is 0 Å². The zero-order chi connectivity index (χ0) is 7.84. The molecule has 0 aliphatic carbocycles. The quantitative estimate of drug-likeness (QED) is 0.536. The van der Waals surface area contributed by atoms with Crippen LogP contribution < -0.4 is 5.56 Å². The van der Waals surface area contributed by atoms with E-state index < -0.39 is 0 Å². The topological polar surface area (TPSA) is 63.6 Å². The highest BCUT2D eigenvalue weighted by atomic mass is 32.1. The maximum Gasteiger partial charge on any atom is 0.278 e. The summed E-state index contributed by atoms with van der Waals surface area (Å²) in [5.74, 6) is 0. The molecule has 0 radical (unpaired) electrons. The van der Waals surface area contributed by atoms with Crippen LogP contribution in [0.3, 0.4) is 0 Å². The summed E-state index contributed by atoms with van der Waals surface area (Å²) in [5.41, 5.74) is 0.530. The molecule has 0 bridgehead atoms. The molecule has 2 aromatic rings. The highest BCUT2D eigenvalue weighted by Crippen LogP contribution is 2.03. The van der Waals surface area contributed by atoms with Gasteiger partial charge in [-0.1, -0.05) is 12.8 Å². The first-order valence-electron chi connectivity index (χ1n) is 2.89. The van der Waals surface area contributed by atoms with Crippen molar-refractivity contribution in [1.82, 2.24) is 18.9 Å². The first-order chi connectivity index (χ1) is 5.29. The number of aromatic nitrogens is 4. The predicted octanol–water partition coefficient (Wildman–Crippen LogP) is -0.188. The van der Waals surface area contributed by atoms with Crippen molar-refractivity contribution in [1.29, 1.82) is 0 Å². The molecule has 6 heteroatoms. The number of thiol groups is 1. The molecule has 56 valence electrons. The molecule has 0 atom stereocenters. The Morgan fingerprint density at radius 3 is 3.09 bits per heavy atom. The molecule has 0 fully saturated rings. The number of hydrogen-bond acceptors (Lipinski definition) is 4. The SMILES string of the molecule is O=c1[nH]cnc2c1ncn2S. The summed E-state index contributed by atoms with van der Waals surface area (Å²) in [5, 5.41) is 0. The standard InChI is InChI=1S/C5H4N4OS/c10-5-3-4(6-1-7-5)9(11)2-8-3/h1-2,11H,(H,6,7,10). The summed E-state index contributed by atoms with van der Waals surface area (Å²) < 4.78 is 1.39. The minimum atomic E-state index is -0.247. The van der Waals surface area contributed by atoms with Gasteiger partial charge in [-0.15, -0.1) is 0 Å². The summed E-state index contributed by atoms with van der Waals surface area (Å²) in [6.45, 7) is 0. The molecule has 0 aromatic carbocycles. The number of nitrogens with zero attached hydrogens (tertiary/aromatic N) is 3. The molecule has 1 N–H and O–H groups in total. The van der Waals surface area contributed by atoms with Gasteiger partial charge in [-0.2, -0.15) is 0 Å². The number of nitrogens with one attached hydrogen (secondary N) is 1. The van der Waals surface area contributed by atoms with Crippen LogP contribution in [0.25, 0.3) is 11.2 Å². The average molecular weight is 168 g/mol. The zero-order valence-corrected chi connectivity index (χ0v) is 6.25. The largest absolute Gasteiger partial charge is 0.311 e. The number of imidazole rings is 1. The van der Waals surface area contributed by atoms with Crippen LogP contribution in [-0.2, 0) is 0 Å². The molecular formula is C5H4N4OS. The van der Waals surface area contributed by atoms with E-state index in [1.54, 1.807) is 0 Å². The lowest BCUT2D eigenvalue weighted by molar-refractivity contribution is 1.15. The molecule has 0 aliphatic rings. The Hall–Kier alpha value is -1.30. The van der Waals surface area contributed by atoms with Gasteiger partial charge in [-0.05, 0) is 0 Å². The van der Waals surface area contributed by atoms with E-state index in [1.165, 1.54) is 16.6 Å². The molecule has 0 amide bonds. The van der Waals surface area contributed by atoms with Crippen LogP contribution >= 0.6 is 12.8 Å². The average Bonchev–Trinajstić information content (AvgIpc) is 2.35. The Bertz CT molecular complexity index is 445. The first kappa shape index (κ1) is 6.41. The van der Waals surface area contributed by atoms with E-state index >= 15 is 0 Å². The Morgan fingerprint density at radius 1 is 1.55 bits per heavy atom. The molecule has 2 aromatic heterocycles. The van der Waals surface area contributed by atoms with Gasteiger partial charge in [-0.25, -0.2) is 9.97 Å². The number of aromatic amines is 1. The summed E-state index contributed by atoms with van der Waals surface area (Å²) in [6.07, 6.45) is 2.75. The third kappa shape index (κ3) is 0.829. The Kier molecular flexibility index (Phi) is 1.22. The fourth-order valence-corrected chi connectivity index (χ4v) is 1.03. The molecule has 5 nitrogen and oxygen atoms in total. The molecular weight excluding hydrogens is 164 g/mol. The highest BCUT2D eigenvalue weighted by molar-refractivity contribution is 7.78. The van der Waals surface area contributed by atoms with Crippen LogP contribution in [0.15, 0.2) is 17.4 Å². The molecule has 11 heavy (non-hydrogen) atoms. The van der Waals surface area contributed by atoms with Gasteiger partial charge in [0.15, 0.2) is 11.2 Å². The molecule has 0 unspecified atom stereocenters. The van der Waals surface area contributed by atoms with Crippen molar-refractivity contribution in [2.45, 2.75) is 0 Å². The van der Waals surface area contributed by atoms with Gasteiger partial charge in [0.1, 0.15) is 6.33 Å². The van der Waals surface area contributed by atoms with Gasteiger partial charge in [0.2, 0.25) is 0 Å². The molecule has 0 saturated carbocycles. The normalized spacial score (nSPS) is 10.6. The van der Waals surface area contributed by atoms with E-state index in [2.05, 4.69) is 27.8 Å². The van der Waals surface area contributed by atoms with Crippen molar-refractivity contribution in [3.8, 4) is 0 Å². The highest BCUT2D eigenvalue weighted by Gasteiger charge is 2.02. The number of H-pyrrole nitrogens is 1. The van der Waals surface area contributed by atoms with Crippen LogP contribution in [0.2, 0.25) is 0 Å². The lowest BCUT2D eigenvalue weighted by Gasteiger charge is -1.87. The number of rotatable bonds is 0. The smallest absolute Gasteiger partial charge is 0.278 e. The van der Waals surface area contributed by atoms with Crippen molar-refractivity contribution in [3.63, 3.8) is 0 Å². The maximum atomic E-state index is 11.0. The predicted molar refractivity (Wildman–Crippen MR) is 42.5 cm³/mol. The molecule has 0 aliphatic heterocycles. The van der Waals surface area contributed by atoms with Gasteiger partial charge < -0.3 is 4.98 Å². The minimum Gasteiger partial charge on any atom is -0.311 e. The second kappa shape index (κ2) is 2.09. The van der Waals surface area contributed by atoms with Crippen LogP contribution in [0.4, 0.5) is 0 Å². The van der Waals surface area contributed by atoms with E-state index in [1.807, 2.05) is 0 Å². The van der Waals surface area contributed by atoms with E-state index in [4.69, 9.17) is 0 Å². The van der Waals surface area contributed by atoms with Crippen LogP contribution in [-0.4, -0.2) is 18.9 Å². The van der Waals surface area contributed by atoms with Crippen molar-refractivity contribution in [2.24, 2.45) is 0 Å². The van der Waals surface area contributed by atoms with Crippen molar-refractivity contribution in [2.75, 3.05) is 0 Å². The third-order valence-corrected chi connectivity index (χ3v) is 1.62. The molecule has 2 heterocycles. The van der Waals surface area contributed by atoms with Gasteiger partial charge in [0.25, 0.3) is 5.56 Å². The fraction of sp³-hybridized carbons (Fsp3) is 0. The van der Waals surface area contributed by atoms with Crippen LogP contribution in [0.5, 0.6) is 0 Å². The Balaban J connectivity index is 3.06. The lowest BCUT2D eigenvalue weighted by Crippen LogP contribution is -2.06. The van der Waals surface area contributed by atoms with Crippen molar-refractivity contribution < 1.29 is 0 Å². The second-order valence-electron chi connectivity index (χ2n) is 1.99. The fourth-order valence-electron chi connectivity index (χ4n) is 0.834. The summed E-state index contributed by atoms with van der Waals surface area (Å²) in [4.78, 5) is 21.1. The molecule has 0 saturated heterocycles. The first-order valence-corrected chi connectivity index (χ1v) is 3.29. The van der Waals surface area contributed by atoms with Crippen molar-refractivity contribution in [3.05, 3.63) is 23.0 Å². The summed E-state index contributed by atoms with van der Waals surface area (Å²) in [7, 11) is 0. The summed E-state index contributed by atoms with van der Waals surface area (Å²) >= 11 is 3.99. The van der Waals surface area contributed by atoms with Gasteiger partial charge in [-0.3, -0.25) is 8.77 Å². The zero-order valence-electron chi connectivity index (χ0n) is 5.35. The van der Waals surface area contributed by atoms with E-state index in [-0.39, 0.29) is 5.56 Å². The second-order valence-corrected chi connectivity index (χ2v) is 2.42. The van der Waals surface area contributed by atoms with E-state index in [0.29, 0.717) is 11.2 Å². The van der Waals surface area contributed by atoms with Crippen LogP contribution in [0.1, 0.15) is 0 Å². The molecule has 2 rings (SSSR count). The Morgan fingerprint density at radius 2 is 2.36 bits per heavy atom. The molecule has 0 spiro atoms.